The molecular weight excluding hydrogens is 384 g/mol. The molecule has 4 saturated carbocycles. The zero-order chi connectivity index (χ0) is 21.4. The second kappa shape index (κ2) is 8.04. The van der Waals surface area contributed by atoms with Crippen molar-refractivity contribution in [3.8, 4) is 23.7 Å². The van der Waals surface area contributed by atoms with Crippen molar-refractivity contribution in [3.63, 3.8) is 0 Å². The summed E-state index contributed by atoms with van der Waals surface area (Å²) in [7, 11) is 0. The first-order valence-electron chi connectivity index (χ1n) is 12.0. The molecule has 32 heavy (non-hydrogen) atoms. The van der Waals surface area contributed by atoms with E-state index in [1.807, 2.05) is 36.4 Å². The van der Waals surface area contributed by atoms with Gasteiger partial charge in [-0.25, -0.2) is 0 Å². The quantitative estimate of drug-likeness (QED) is 0.379. The summed E-state index contributed by atoms with van der Waals surface area (Å²) in [5, 5.41) is 0. The summed E-state index contributed by atoms with van der Waals surface area (Å²) in [6, 6.07) is 27.5. The molecule has 3 aromatic rings. The molecule has 0 amide bonds. The molecule has 0 unspecified atom stereocenters. The monoisotopic (exact) mass is 412 g/mol. The fraction of sp³-hybridized carbons (Fsp3) is 0.312. The molecule has 0 spiro atoms. The topological polar surface area (TPSA) is 0 Å². The minimum absolute atomic E-state index is 0.350. The molecule has 4 bridgehead atoms. The summed E-state index contributed by atoms with van der Waals surface area (Å²) in [6.45, 7) is 0. The summed E-state index contributed by atoms with van der Waals surface area (Å²) >= 11 is 0. The van der Waals surface area contributed by atoms with Gasteiger partial charge in [0, 0.05) is 22.3 Å². The van der Waals surface area contributed by atoms with Crippen LogP contribution in [0.1, 0.15) is 66.3 Å². The van der Waals surface area contributed by atoms with Crippen LogP contribution < -0.4 is 0 Å². The predicted molar refractivity (Wildman–Crippen MR) is 131 cm³/mol. The Balaban J connectivity index is 1.42. The third-order valence-corrected chi connectivity index (χ3v) is 7.83. The van der Waals surface area contributed by atoms with Crippen LogP contribution in [0.25, 0.3) is 0 Å². The molecule has 0 heterocycles. The molecule has 0 N–H and O–H groups in total. The van der Waals surface area contributed by atoms with Crippen molar-refractivity contribution >= 4 is 0 Å². The lowest BCUT2D eigenvalue weighted by Gasteiger charge is -2.57. The van der Waals surface area contributed by atoms with Gasteiger partial charge in [0.15, 0.2) is 0 Å². The Morgan fingerprint density at radius 3 is 1.34 bits per heavy atom. The third-order valence-electron chi connectivity index (χ3n) is 7.83. The Hall–Kier alpha value is -3.22. The number of rotatable bonds is 1. The second-order valence-corrected chi connectivity index (χ2v) is 10.2. The van der Waals surface area contributed by atoms with Gasteiger partial charge in [0.05, 0.1) is 0 Å². The highest BCUT2D eigenvalue weighted by atomic mass is 14.6. The fourth-order valence-electron chi connectivity index (χ4n) is 6.87. The molecule has 4 aliphatic rings. The van der Waals surface area contributed by atoms with E-state index < -0.39 is 0 Å². The van der Waals surface area contributed by atoms with E-state index in [4.69, 9.17) is 0 Å². The lowest BCUT2D eigenvalue weighted by atomic mass is 9.48. The van der Waals surface area contributed by atoms with E-state index in [0.29, 0.717) is 5.41 Å². The van der Waals surface area contributed by atoms with Gasteiger partial charge in [0.1, 0.15) is 0 Å². The first kappa shape index (κ1) is 19.5. The Bertz CT molecular complexity index is 1130. The molecule has 0 radical (unpaired) electrons. The molecular formula is C32H28. The van der Waals surface area contributed by atoms with Crippen LogP contribution in [-0.2, 0) is 5.41 Å². The molecule has 0 heteroatoms. The van der Waals surface area contributed by atoms with Crippen molar-refractivity contribution in [3.05, 3.63) is 107 Å². The van der Waals surface area contributed by atoms with Crippen LogP contribution in [0.3, 0.4) is 0 Å². The Labute approximate surface area is 192 Å². The van der Waals surface area contributed by atoms with Crippen LogP contribution in [0, 0.1) is 41.4 Å². The normalized spacial score (nSPS) is 27.2. The second-order valence-electron chi connectivity index (χ2n) is 10.2. The van der Waals surface area contributed by atoms with E-state index >= 15 is 0 Å². The smallest absolute Gasteiger partial charge is 0.0264 e. The van der Waals surface area contributed by atoms with Gasteiger partial charge in [0.2, 0.25) is 0 Å². The molecule has 0 nitrogen and oxygen atoms in total. The number of hydrogen-bond acceptors (Lipinski definition) is 0. The van der Waals surface area contributed by atoms with Gasteiger partial charge in [0.25, 0.3) is 0 Å². The first-order chi connectivity index (χ1) is 15.7. The van der Waals surface area contributed by atoms with Crippen molar-refractivity contribution in [2.45, 2.75) is 43.9 Å². The minimum atomic E-state index is 0.350. The highest BCUT2D eigenvalue weighted by molar-refractivity contribution is 5.52. The van der Waals surface area contributed by atoms with Crippen LogP contribution in [0.5, 0.6) is 0 Å². The van der Waals surface area contributed by atoms with Crippen molar-refractivity contribution < 1.29 is 0 Å². The Kier molecular flexibility index (Phi) is 4.89. The highest BCUT2D eigenvalue weighted by Gasteiger charge is 2.51. The molecule has 0 aromatic heterocycles. The summed E-state index contributed by atoms with van der Waals surface area (Å²) in [4.78, 5) is 0. The maximum absolute atomic E-state index is 3.45. The molecule has 0 saturated heterocycles. The molecule has 156 valence electrons. The number of hydrogen-bond donors (Lipinski definition) is 0. The minimum Gasteiger partial charge on any atom is -0.0622 e. The van der Waals surface area contributed by atoms with Gasteiger partial charge in [-0.05, 0) is 110 Å². The molecule has 0 atom stereocenters. The fourth-order valence-corrected chi connectivity index (χ4v) is 6.87. The van der Waals surface area contributed by atoms with E-state index in [1.165, 1.54) is 44.1 Å². The summed E-state index contributed by atoms with van der Waals surface area (Å²) < 4.78 is 0. The van der Waals surface area contributed by atoms with E-state index in [1.54, 1.807) is 0 Å². The summed E-state index contributed by atoms with van der Waals surface area (Å²) in [5.74, 6) is 16.4. The SMILES string of the molecule is C(#Cc1cc(C#Cc2ccccc2)cc(C23CC4CC(CC(C4)C2)C3)c1)c1ccccc1. The zero-order valence-corrected chi connectivity index (χ0v) is 18.5. The van der Waals surface area contributed by atoms with Crippen LogP contribution in [0.15, 0.2) is 78.9 Å². The zero-order valence-electron chi connectivity index (χ0n) is 18.5. The van der Waals surface area contributed by atoms with Crippen LogP contribution in [-0.4, -0.2) is 0 Å². The predicted octanol–water partition coefficient (Wildman–Crippen LogP) is 6.95. The van der Waals surface area contributed by atoms with Gasteiger partial charge in [-0.3, -0.25) is 0 Å². The lowest BCUT2D eigenvalue weighted by Crippen LogP contribution is -2.48. The van der Waals surface area contributed by atoms with Crippen molar-refractivity contribution in [1.29, 1.82) is 0 Å². The van der Waals surface area contributed by atoms with Gasteiger partial charge < -0.3 is 0 Å². The van der Waals surface area contributed by atoms with Crippen molar-refractivity contribution in [2.75, 3.05) is 0 Å². The highest BCUT2D eigenvalue weighted by Crippen LogP contribution is 2.60. The average molecular weight is 413 g/mol. The van der Waals surface area contributed by atoms with Crippen molar-refractivity contribution in [1.82, 2.24) is 0 Å². The summed E-state index contributed by atoms with van der Waals surface area (Å²) in [6.07, 6.45) is 8.48. The van der Waals surface area contributed by atoms with Crippen LogP contribution in [0.2, 0.25) is 0 Å². The Morgan fingerprint density at radius 2 is 0.906 bits per heavy atom. The van der Waals surface area contributed by atoms with Crippen molar-refractivity contribution in [2.24, 2.45) is 17.8 Å². The first-order valence-corrected chi connectivity index (χ1v) is 12.0. The largest absolute Gasteiger partial charge is 0.0622 e. The molecule has 0 aliphatic heterocycles. The molecule has 4 aliphatic carbocycles. The molecule has 7 rings (SSSR count). The summed E-state index contributed by atoms with van der Waals surface area (Å²) in [5.41, 5.74) is 6.16. The van der Waals surface area contributed by atoms with Crippen LogP contribution >= 0.6 is 0 Å². The number of benzene rings is 3. The third kappa shape index (κ3) is 3.87. The van der Waals surface area contributed by atoms with E-state index in [-0.39, 0.29) is 0 Å². The van der Waals surface area contributed by atoms with E-state index in [2.05, 4.69) is 66.1 Å². The lowest BCUT2D eigenvalue weighted by molar-refractivity contribution is -0.00520. The van der Waals surface area contributed by atoms with Gasteiger partial charge in [-0.15, -0.1) is 0 Å². The van der Waals surface area contributed by atoms with Gasteiger partial charge in [-0.1, -0.05) is 60.1 Å². The maximum atomic E-state index is 3.45. The van der Waals surface area contributed by atoms with Gasteiger partial charge >= 0.3 is 0 Å². The molecule has 4 fully saturated rings. The standard InChI is InChI=1S/C32H28/c1-3-7-24(8-4-1)11-13-26-15-27(14-12-25-9-5-2-6-10-25)20-31(19-26)32-21-28-16-29(22-32)18-30(17-28)23-32/h1-10,15,19-20,28-30H,16-18,21-23H2. The van der Waals surface area contributed by atoms with E-state index in [0.717, 1.165) is 40.0 Å². The Morgan fingerprint density at radius 1 is 0.500 bits per heavy atom. The van der Waals surface area contributed by atoms with Gasteiger partial charge in [-0.2, -0.15) is 0 Å². The molecule has 3 aromatic carbocycles. The van der Waals surface area contributed by atoms with E-state index in [9.17, 15) is 0 Å². The maximum Gasteiger partial charge on any atom is 0.0264 e. The average Bonchev–Trinajstić information content (AvgIpc) is 2.82. The van der Waals surface area contributed by atoms with Crippen LogP contribution in [0.4, 0.5) is 0 Å².